The number of hydrogen-bond donors (Lipinski definition) is 1. The molecule has 0 spiro atoms. The zero-order chi connectivity index (χ0) is 15.7. The van der Waals surface area contributed by atoms with E-state index in [0.29, 0.717) is 37.4 Å². The van der Waals surface area contributed by atoms with Crippen molar-refractivity contribution < 1.29 is 13.2 Å². The summed E-state index contributed by atoms with van der Waals surface area (Å²) in [5.74, 6) is 0.866. The first-order valence-corrected chi connectivity index (χ1v) is 10.2. The molecule has 3 unspecified atom stereocenters. The summed E-state index contributed by atoms with van der Waals surface area (Å²) in [5, 5.41) is 3.59. The number of carbonyl (C=O) groups is 1. The van der Waals surface area contributed by atoms with Crippen LogP contribution in [0.1, 0.15) is 38.5 Å². The highest BCUT2D eigenvalue weighted by molar-refractivity contribution is 7.91. The van der Waals surface area contributed by atoms with E-state index in [4.69, 9.17) is 0 Å². The first-order chi connectivity index (χ1) is 10.5. The highest BCUT2D eigenvalue weighted by Gasteiger charge is 2.37. The van der Waals surface area contributed by atoms with Gasteiger partial charge in [-0.25, -0.2) is 8.42 Å². The van der Waals surface area contributed by atoms with E-state index in [9.17, 15) is 13.2 Å². The predicted octanol–water partition coefficient (Wildman–Crippen LogP) is 1.11. The third kappa shape index (κ3) is 3.54. The number of nitrogens with one attached hydrogen (secondary N) is 1. The van der Waals surface area contributed by atoms with Crippen LogP contribution in [-0.4, -0.2) is 55.4 Å². The van der Waals surface area contributed by atoms with Gasteiger partial charge in [0.05, 0.1) is 11.5 Å². The number of sulfone groups is 1. The molecule has 0 aromatic rings. The van der Waals surface area contributed by atoms with Crippen LogP contribution in [0.4, 0.5) is 0 Å². The zero-order valence-corrected chi connectivity index (χ0v) is 13.9. The van der Waals surface area contributed by atoms with Crippen LogP contribution >= 0.6 is 0 Å². The Morgan fingerprint density at radius 1 is 1.23 bits per heavy atom. The van der Waals surface area contributed by atoms with E-state index in [0.717, 1.165) is 12.8 Å². The van der Waals surface area contributed by atoms with E-state index in [1.54, 1.807) is 11.0 Å². The summed E-state index contributed by atoms with van der Waals surface area (Å²) in [5.41, 5.74) is 0. The summed E-state index contributed by atoms with van der Waals surface area (Å²) >= 11 is 0. The average Bonchev–Trinajstić information content (AvgIpc) is 2.98. The van der Waals surface area contributed by atoms with Gasteiger partial charge in [0.1, 0.15) is 0 Å². The second-order valence-corrected chi connectivity index (χ2v) is 9.30. The summed E-state index contributed by atoms with van der Waals surface area (Å²) in [7, 11) is -2.97. The Bertz CT molecular complexity index is 534. The van der Waals surface area contributed by atoms with Gasteiger partial charge in [0, 0.05) is 31.1 Å². The van der Waals surface area contributed by atoms with Crippen molar-refractivity contribution in [2.45, 2.75) is 56.7 Å². The lowest BCUT2D eigenvalue weighted by Crippen LogP contribution is -2.44. The Morgan fingerprint density at radius 3 is 2.45 bits per heavy atom. The van der Waals surface area contributed by atoms with Crippen LogP contribution in [0.15, 0.2) is 12.7 Å². The molecule has 3 aliphatic rings. The van der Waals surface area contributed by atoms with Gasteiger partial charge in [-0.3, -0.25) is 4.79 Å². The van der Waals surface area contributed by atoms with Gasteiger partial charge in [0.15, 0.2) is 9.84 Å². The van der Waals surface area contributed by atoms with Crippen molar-refractivity contribution in [1.82, 2.24) is 10.2 Å². The van der Waals surface area contributed by atoms with Gasteiger partial charge < -0.3 is 10.2 Å². The third-order valence-electron chi connectivity index (χ3n) is 5.33. The van der Waals surface area contributed by atoms with Crippen LogP contribution in [0.25, 0.3) is 0 Å². The number of piperidine rings is 1. The molecular weight excluding hydrogens is 300 g/mol. The molecular formula is C16H26N2O3S. The molecule has 3 aliphatic heterocycles. The summed E-state index contributed by atoms with van der Waals surface area (Å²) in [4.78, 5) is 14.4. The lowest BCUT2D eigenvalue weighted by molar-refractivity contribution is -0.133. The maximum atomic E-state index is 12.7. The standard InChI is InChI=1S/C16H26N2O3S/c1-2-6-18(15-5-7-22(20,21)11-15)16(19)10-12-8-13-3-4-14(9-12)17-13/h2,12-15,17H,1,3-11H2. The third-order valence-corrected chi connectivity index (χ3v) is 7.08. The molecule has 22 heavy (non-hydrogen) atoms. The molecule has 3 saturated heterocycles. The molecule has 0 aromatic carbocycles. The van der Waals surface area contributed by atoms with Crippen LogP contribution in [0.2, 0.25) is 0 Å². The minimum atomic E-state index is -2.97. The molecule has 2 bridgehead atoms. The normalized spacial score (nSPS) is 36.2. The average molecular weight is 326 g/mol. The molecule has 0 aromatic heterocycles. The smallest absolute Gasteiger partial charge is 0.223 e. The first kappa shape index (κ1) is 16.0. The van der Waals surface area contributed by atoms with Gasteiger partial charge in [-0.05, 0) is 38.0 Å². The number of amides is 1. The van der Waals surface area contributed by atoms with Crippen molar-refractivity contribution in [3.63, 3.8) is 0 Å². The Kier molecular flexibility index (Phi) is 4.59. The molecule has 1 amide bonds. The number of carbonyl (C=O) groups excluding carboxylic acids is 1. The molecule has 0 saturated carbocycles. The second kappa shape index (κ2) is 6.32. The topological polar surface area (TPSA) is 66.5 Å². The molecule has 0 radical (unpaired) electrons. The maximum absolute atomic E-state index is 12.7. The number of rotatable bonds is 5. The van der Waals surface area contributed by atoms with Crippen molar-refractivity contribution in [1.29, 1.82) is 0 Å². The molecule has 3 heterocycles. The van der Waals surface area contributed by atoms with Gasteiger partial charge in [-0.1, -0.05) is 6.08 Å². The zero-order valence-electron chi connectivity index (χ0n) is 13.0. The molecule has 1 N–H and O–H groups in total. The van der Waals surface area contributed by atoms with Gasteiger partial charge in [-0.2, -0.15) is 0 Å². The summed E-state index contributed by atoms with van der Waals surface area (Å²) in [6, 6.07) is 1.00. The van der Waals surface area contributed by atoms with Crippen molar-refractivity contribution in [3.8, 4) is 0 Å². The van der Waals surface area contributed by atoms with Gasteiger partial charge in [0.25, 0.3) is 0 Å². The summed E-state index contributed by atoms with van der Waals surface area (Å²) < 4.78 is 23.4. The fraction of sp³-hybridized carbons (Fsp3) is 0.812. The van der Waals surface area contributed by atoms with E-state index in [1.165, 1.54) is 12.8 Å². The minimum absolute atomic E-state index is 0.105. The van der Waals surface area contributed by atoms with Crippen molar-refractivity contribution in [2.75, 3.05) is 18.1 Å². The minimum Gasteiger partial charge on any atom is -0.335 e. The van der Waals surface area contributed by atoms with Crippen molar-refractivity contribution in [2.24, 2.45) is 5.92 Å². The lowest BCUT2D eigenvalue weighted by Gasteiger charge is -2.32. The molecule has 6 heteroatoms. The van der Waals surface area contributed by atoms with Crippen LogP contribution in [0, 0.1) is 5.92 Å². The highest BCUT2D eigenvalue weighted by atomic mass is 32.2. The monoisotopic (exact) mass is 326 g/mol. The fourth-order valence-electron chi connectivity index (χ4n) is 4.32. The number of hydrogen-bond acceptors (Lipinski definition) is 4. The van der Waals surface area contributed by atoms with Crippen molar-refractivity contribution >= 4 is 15.7 Å². The van der Waals surface area contributed by atoms with Crippen molar-refractivity contribution in [3.05, 3.63) is 12.7 Å². The van der Waals surface area contributed by atoms with Crippen LogP contribution in [0.5, 0.6) is 0 Å². The molecule has 3 rings (SSSR count). The van der Waals surface area contributed by atoms with E-state index in [-0.39, 0.29) is 23.5 Å². The SMILES string of the molecule is C=CCN(C(=O)CC1CC2CCC(C1)N2)C1CCS(=O)(=O)C1. The van der Waals surface area contributed by atoms with Gasteiger partial charge >= 0.3 is 0 Å². The van der Waals surface area contributed by atoms with E-state index < -0.39 is 9.84 Å². The Balaban J connectivity index is 1.61. The number of nitrogens with zero attached hydrogens (tertiary/aromatic N) is 1. The quantitative estimate of drug-likeness (QED) is 0.769. The molecule has 124 valence electrons. The number of fused-ring (bicyclic) bond motifs is 2. The predicted molar refractivity (Wildman–Crippen MR) is 86.3 cm³/mol. The van der Waals surface area contributed by atoms with Gasteiger partial charge in [0.2, 0.25) is 5.91 Å². The summed E-state index contributed by atoms with van der Waals surface area (Å²) in [6.07, 6.45) is 7.44. The van der Waals surface area contributed by atoms with E-state index in [2.05, 4.69) is 11.9 Å². The van der Waals surface area contributed by atoms with Gasteiger partial charge in [-0.15, -0.1) is 6.58 Å². The fourth-order valence-corrected chi connectivity index (χ4v) is 6.05. The lowest BCUT2D eigenvalue weighted by atomic mass is 9.89. The van der Waals surface area contributed by atoms with E-state index in [1.807, 2.05) is 0 Å². The largest absolute Gasteiger partial charge is 0.335 e. The Hall–Kier alpha value is -0.880. The molecule has 3 fully saturated rings. The molecule has 0 aliphatic carbocycles. The maximum Gasteiger partial charge on any atom is 0.223 e. The van der Waals surface area contributed by atoms with E-state index >= 15 is 0 Å². The van der Waals surface area contributed by atoms with Crippen LogP contribution in [0.3, 0.4) is 0 Å². The highest BCUT2D eigenvalue weighted by Crippen LogP contribution is 2.33. The Labute approximate surface area is 133 Å². The first-order valence-electron chi connectivity index (χ1n) is 8.33. The Morgan fingerprint density at radius 2 is 1.91 bits per heavy atom. The summed E-state index contributed by atoms with van der Waals surface area (Å²) in [6.45, 7) is 4.17. The van der Waals surface area contributed by atoms with Crippen LogP contribution < -0.4 is 5.32 Å². The molecule has 3 atom stereocenters. The molecule has 5 nitrogen and oxygen atoms in total. The van der Waals surface area contributed by atoms with Crippen LogP contribution in [-0.2, 0) is 14.6 Å². The second-order valence-electron chi connectivity index (χ2n) is 7.07.